The van der Waals surface area contributed by atoms with E-state index in [1.807, 2.05) is 18.2 Å². The number of benzene rings is 1. The Morgan fingerprint density at radius 1 is 1.35 bits per heavy atom. The number of anilines is 1. The molecule has 0 saturated heterocycles. The molecule has 0 aliphatic carbocycles. The molecule has 1 aliphatic rings. The summed E-state index contributed by atoms with van der Waals surface area (Å²) in [6, 6.07) is 9.54. The first-order valence-electron chi connectivity index (χ1n) is 6.65. The molecule has 0 unspecified atom stereocenters. The second-order valence-electron chi connectivity index (χ2n) is 4.62. The molecule has 2 aromatic rings. The molecule has 118 valence electrons. The molecule has 1 aliphatic heterocycles. The van der Waals surface area contributed by atoms with Gasteiger partial charge in [-0.1, -0.05) is 64.9 Å². The molecule has 0 spiro atoms. The summed E-state index contributed by atoms with van der Waals surface area (Å²) in [6.07, 6.45) is 1.44. The molecule has 1 N–H and O–H groups in total. The summed E-state index contributed by atoms with van der Waals surface area (Å²) >= 11 is 14.8. The summed E-state index contributed by atoms with van der Waals surface area (Å²) < 4.78 is 0.883. The Kier molecular flexibility index (Phi) is 5.48. The summed E-state index contributed by atoms with van der Waals surface area (Å²) in [5, 5.41) is 3.41. The van der Waals surface area contributed by atoms with Gasteiger partial charge >= 0.3 is 0 Å². The average Bonchev–Trinajstić information content (AvgIpc) is 2.55. The number of carbonyl (C=O) groups is 1. The maximum atomic E-state index is 12.0. The third-order valence-corrected chi connectivity index (χ3v) is 5.69. The number of halogens is 2. The van der Waals surface area contributed by atoms with Crippen LogP contribution >= 0.6 is 46.7 Å². The lowest BCUT2D eigenvalue weighted by atomic mass is 10.2. The summed E-state index contributed by atoms with van der Waals surface area (Å²) in [5.74, 6) is 1.24. The number of thioether (sulfide) groups is 2. The lowest BCUT2D eigenvalue weighted by molar-refractivity contribution is -0.113. The summed E-state index contributed by atoms with van der Waals surface area (Å²) in [4.78, 5) is 20.6. The molecule has 8 heteroatoms. The van der Waals surface area contributed by atoms with Crippen molar-refractivity contribution in [1.29, 1.82) is 0 Å². The van der Waals surface area contributed by atoms with Gasteiger partial charge in [0, 0.05) is 11.9 Å². The fourth-order valence-corrected chi connectivity index (χ4v) is 4.18. The van der Waals surface area contributed by atoms with E-state index in [4.69, 9.17) is 23.2 Å². The van der Waals surface area contributed by atoms with Gasteiger partial charge in [-0.05, 0) is 17.7 Å². The molecule has 0 bridgehead atoms. The van der Waals surface area contributed by atoms with Crippen molar-refractivity contribution in [2.24, 2.45) is 4.99 Å². The van der Waals surface area contributed by atoms with Crippen LogP contribution < -0.4 is 5.32 Å². The van der Waals surface area contributed by atoms with Crippen LogP contribution in [0.3, 0.4) is 0 Å². The molecule has 0 radical (unpaired) electrons. The molecule has 2 heterocycles. The Morgan fingerprint density at radius 2 is 2.17 bits per heavy atom. The Labute approximate surface area is 152 Å². The molecule has 1 aromatic heterocycles. The van der Waals surface area contributed by atoms with Gasteiger partial charge in [-0.25, -0.2) is 9.98 Å². The fourth-order valence-electron chi connectivity index (χ4n) is 1.89. The maximum Gasteiger partial charge on any atom is 0.236 e. The predicted octanol–water partition coefficient (Wildman–Crippen LogP) is 4.99. The highest BCUT2D eigenvalue weighted by Crippen LogP contribution is 2.34. The molecule has 1 aromatic carbocycles. The molecular weight excluding hydrogens is 373 g/mol. The van der Waals surface area contributed by atoms with E-state index < -0.39 is 0 Å². The molecule has 0 atom stereocenters. The first kappa shape index (κ1) is 16.6. The minimum absolute atomic E-state index is 0.186. The molecule has 0 saturated carbocycles. The molecule has 0 fully saturated rings. The average molecular weight is 384 g/mol. The summed E-state index contributed by atoms with van der Waals surface area (Å²) in [5.41, 5.74) is 2.18. The van der Waals surface area contributed by atoms with E-state index in [0.717, 1.165) is 15.8 Å². The minimum atomic E-state index is -0.186. The molecule has 23 heavy (non-hydrogen) atoms. The zero-order valence-electron chi connectivity index (χ0n) is 11.8. The van der Waals surface area contributed by atoms with E-state index in [1.54, 1.807) is 11.8 Å². The highest BCUT2D eigenvalue weighted by atomic mass is 35.5. The molecular formula is C15H11Cl2N3OS2. The van der Waals surface area contributed by atoms with Crippen molar-refractivity contribution in [3.8, 4) is 0 Å². The second-order valence-corrected chi connectivity index (χ2v) is 7.65. The number of para-hydroxylation sites is 1. The number of fused-ring (bicyclic) bond motifs is 1. The van der Waals surface area contributed by atoms with E-state index in [0.29, 0.717) is 15.9 Å². The van der Waals surface area contributed by atoms with E-state index in [9.17, 15) is 4.79 Å². The van der Waals surface area contributed by atoms with Crippen molar-refractivity contribution in [1.82, 2.24) is 4.98 Å². The van der Waals surface area contributed by atoms with Crippen LogP contribution in [-0.2, 0) is 10.5 Å². The number of hydrogen-bond acceptors (Lipinski definition) is 5. The smallest absolute Gasteiger partial charge is 0.236 e. The van der Waals surface area contributed by atoms with Crippen LogP contribution in [0.1, 0.15) is 5.56 Å². The normalized spacial score (nSPS) is 13.2. The van der Waals surface area contributed by atoms with Crippen LogP contribution in [0.2, 0.25) is 10.0 Å². The van der Waals surface area contributed by atoms with Crippen LogP contribution in [0.25, 0.3) is 0 Å². The second kappa shape index (κ2) is 7.57. The number of hydrogen-bond donors (Lipinski definition) is 1. The Balaban J connectivity index is 1.58. The largest absolute Gasteiger partial charge is 0.309 e. The number of carbonyl (C=O) groups excluding carboxylic acids is 1. The van der Waals surface area contributed by atoms with Gasteiger partial charge in [-0.15, -0.1) is 0 Å². The van der Waals surface area contributed by atoms with E-state index in [-0.39, 0.29) is 11.7 Å². The van der Waals surface area contributed by atoms with Gasteiger partial charge in [0.25, 0.3) is 0 Å². The Hall–Kier alpha value is -1.21. The van der Waals surface area contributed by atoms with Crippen molar-refractivity contribution in [3.05, 3.63) is 52.1 Å². The van der Waals surface area contributed by atoms with Crippen LogP contribution in [0.5, 0.6) is 0 Å². The standard InChI is InChI=1S/C15H11Cl2N3OS2/c16-10-5-11(17)14(18-6-10)20-13(21)8-23-15-19-12-4-2-1-3-9(12)7-22-15/h1-6H,7-8H2,(H,18,20,21). The monoisotopic (exact) mass is 383 g/mol. The quantitative estimate of drug-likeness (QED) is 0.810. The fraction of sp³-hybridized carbons (Fsp3) is 0.133. The number of rotatable bonds is 3. The first-order chi connectivity index (χ1) is 11.1. The number of nitrogens with one attached hydrogen (secondary N) is 1. The van der Waals surface area contributed by atoms with E-state index in [2.05, 4.69) is 21.4 Å². The Morgan fingerprint density at radius 3 is 3.00 bits per heavy atom. The van der Waals surface area contributed by atoms with Crippen molar-refractivity contribution in [2.45, 2.75) is 5.75 Å². The van der Waals surface area contributed by atoms with Crippen molar-refractivity contribution in [2.75, 3.05) is 11.1 Å². The van der Waals surface area contributed by atoms with Crippen LogP contribution in [0.15, 0.2) is 41.5 Å². The summed E-state index contributed by atoms with van der Waals surface area (Å²) in [6.45, 7) is 0. The van der Waals surface area contributed by atoms with Gasteiger partial charge in [0.15, 0.2) is 5.82 Å². The van der Waals surface area contributed by atoms with Crippen LogP contribution in [-0.4, -0.2) is 21.0 Å². The van der Waals surface area contributed by atoms with E-state index in [1.165, 1.54) is 29.6 Å². The van der Waals surface area contributed by atoms with Crippen molar-refractivity contribution < 1.29 is 4.79 Å². The van der Waals surface area contributed by atoms with Gasteiger partial charge in [0.05, 0.1) is 21.5 Å². The third-order valence-electron chi connectivity index (χ3n) is 2.95. The minimum Gasteiger partial charge on any atom is -0.309 e. The van der Waals surface area contributed by atoms with Gasteiger partial charge in [-0.3, -0.25) is 4.79 Å². The predicted molar refractivity (Wildman–Crippen MR) is 100 cm³/mol. The highest BCUT2D eigenvalue weighted by Gasteiger charge is 2.15. The van der Waals surface area contributed by atoms with Crippen LogP contribution in [0.4, 0.5) is 11.5 Å². The van der Waals surface area contributed by atoms with Gasteiger partial charge in [-0.2, -0.15) is 0 Å². The number of amides is 1. The zero-order valence-corrected chi connectivity index (χ0v) is 14.9. The highest BCUT2D eigenvalue weighted by molar-refractivity contribution is 8.38. The van der Waals surface area contributed by atoms with Crippen molar-refractivity contribution >= 4 is 68.5 Å². The third kappa shape index (κ3) is 4.41. The molecule has 4 nitrogen and oxygen atoms in total. The van der Waals surface area contributed by atoms with E-state index >= 15 is 0 Å². The lowest BCUT2D eigenvalue weighted by Crippen LogP contribution is -2.16. The number of nitrogens with zero attached hydrogens (tertiary/aromatic N) is 2. The maximum absolute atomic E-state index is 12.0. The van der Waals surface area contributed by atoms with Gasteiger partial charge in [0.1, 0.15) is 4.38 Å². The lowest BCUT2D eigenvalue weighted by Gasteiger charge is -2.14. The Bertz CT molecular complexity index is 783. The van der Waals surface area contributed by atoms with Gasteiger partial charge in [0.2, 0.25) is 5.91 Å². The number of pyridine rings is 1. The SMILES string of the molecule is O=C(CSC1=Nc2ccccc2CS1)Nc1ncc(Cl)cc1Cl. The first-order valence-corrected chi connectivity index (χ1v) is 9.37. The molecule has 3 rings (SSSR count). The van der Waals surface area contributed by atoms with Crippen LogP contribution in [0, 0.1) is 0 Å². The number of aromatic nitrogens is 1. The summed E-state index contributed by atoms with van der Waals surface area (Å²) in [7, 11) is 0. The van der Waals surface area contributed by atoms with Gasteiger partial charge < -0.3 is 5.32 Å². The number of aliphatic imine (C=N–C) groups is 1. The van der Waals surface area contributed by atoms with Crippen molar-refractivity contribution in [3.63, 3.8) is 0 Å². The topological polar surface area (TPSA) is 54.4 Å². The molecule has 1 amide bonds. The zero-order chi connectivity index (χ0) is 16.2.